The number of ether oxygens (including phenoxy) is 1. The van der Waals surface area contributed by atoms with Gasteiger partial charge in [-0.25, -0.2) is 30.7 Å². The lowest BCUT2D eigenvalue weighted by molar-refractivity contribution is -0.189. The average molecular weight is 636 g/mol. The van der Waals surface area contributed by atoms with Crippen molar-refractivity contribution in [2.75, 3.05) is 0 Å². The third-order valence-corrected chi connectivity index (χ3v) is 6.18. The normalized spacial score (nSPS) is 13.0. The molecular weight excluding hydrogens is 620 g/mol. The Morgan fingerprint density at radius 2 is 1.18 bits per heavy atom. The van der Waals surface area contributed by atoms with Crippen LogP contribution in [0.4, 0.5) is 52.7 Å². The minimum Gasteiger partial charge on any atom is -0.429 e. The van der Waals surface area contributed by atoms with Crippen LogP contribution < -0.4 is 4.74 Å². The Morgan fingerprint density at radius 1 is 0.659 bits per heavy atom. The monoisotopic (exact) mass is 636 g/mol. The van der Waals surface area contributed by atoms with Gasteiger partial charge in [0, 0.05) is 23.3 Å². The molecule has 0 aliphatic heterocycles. The van der Waals surface area contributed by atoms with Crippen LogP contribution in [0, 0.1) is 40.7 Å². The molecule has 1 unspecified atom stereocenters. The van der Waals surface area contributed by atoms with Crippen molar-refractivity contribution < 1.29 is 62.5 Å². The second-order valence-corrected chi connectivity index (χ2v) is 9.34. The summed E-state index contributed by atoms with van der Waals surface area (Å²) in [6.45, 7) is 1.14. The van der Waals surface area contributed by atoms with Crippen molar-refractivity contribution >= 4 is 6.08 Å². The molecule has 0 saturated carbocycles. The van der Waals surface area contributed by atoms with Crippen molar-refractivity contribution in [2.24, 2.45) is 0 Å². The molecule has 0 spiro atoms. The SMILES string of the molecule is CC(O)c1cc(F)c(C(F)(F)Oc2ccc(-c3cc(F)c(-c4cc(F)c(/C=C/C(F)(F)F)c(F)c4)c(F)c3)c(F)c2)c(F)c1. The van der Waals surface area contributed by atoms with Gasteiger partial charge in [-0.15, -0.1) is 0 Å². The fraction of sp³-hybridized carbons (Fsp3) is 0.133. The Balaban J connectivity index is 1.64. The summed E-state index contributed by atoms with van der Waals surface area (Å²) in [5.41, 5.74) is -6.14. The van der Waals surface area contributed by atoms with Gasteiger partial charge in [0.25, 0.3) is 0 Å². The van der Waals surface area contributed by atoms with Crippen molar-refractivity contribution in [3.8, 4) is 28.0 Å². The highest BCUT2D eigenvalue weighted by molar-refractivity contribution is 5.73. The number of benzene rings is 4. The van der Waals surface area contributed by atoms with Crippen molar-refractivity contribution in [3.63, 3.8) is 0 Å². The topological polar surface area (TPSA) is 29.5 Å². The molecule has 4 rings (SSSR count). The standard InChI is InChI=1S/C30H16F12O2/c1-13(43)14-6-25(36)28(26(37)7-14)30(41,42)44-17-2-3-18(22(33)12-17)15-8-23(34)27(24(35)9-15)16-10-20(31)19(21(32)11-16)4-5-29(38,39)40/h2-13,43H,1H3/b5-4+. The van der Waals surface area contributed by atoms with E-state index in [1.54, 1.807) is 0 Å². The zero-order chi connectivity index (χ0) is 32.7. The lowest BCUT2D eigenvalue weighted by Crippen LogP contribution is -2.25. The van der Waals surface area contributed by atoms with Crippen LogP contribution in [-0.4, -0.2) is 11.3 Å². The zero-order valence-electron chi connectivity index (χ0n) is 21.8. The Kier molecular flexibility index (Phi) is 8.78. The number of hydrogen-bond acceptors (Lipinski definition) is 2. The number of halogens is 12. The van der Waals surface area contributed by atoms with E-state index in [1.165, 1.54) is 0 Å². The van der Waals surface area contributed by atoms with Crippen LogP contribution in [0.3, 0.4) is 0 Å². The molecule has 14 heteroatoms. The summed E-state index contributed by atoms with van der Waals surface area (Å²) in [6, 6.07) is 4.55. The minimum atomic E-state index is -4.89. The van der Waals surface area contributed by atoms with Gasteiger partial charge in [-0.3, -0.25) is 0 Å². The fourth-order valence-electron chi connectivity index (χ4n) is 4.17. The number of alkyl halides is 5. The highest BCUT2D eigenvalue weighted by Crippen LogP contribution is 2.39. The maximum atomic E-state index is 14.9. The molecule has 0 amide bonds. The lowest BCUT2D eigenvalue weighted by Gasteiger charge is -2.20. The molecule has 0 aliphatic carbocycles. The average Bonchev–Trinajstić information content (AvgIpc) is 2.86. The molecular formula is C30H16F12O2. The van der Waals surface area contributed by atoms with E-state index in [1.807, 2.05) is 0 Å². The van der Waals surface area contributed by atoms with Crippen molar-refractivity contribution in [2.45, 2.75) is 25.3 Å². The fourth-order valence-corrected chi connectivity index (χ4v) is 4.17. The smallest absolute Gasteiger partial charge is 0.429 e. The van der Waals surface area contributed by atoms with Crippen molar-refractivity contribution in [3.05, 3.63) is 118 Å². The van der Waals surface area contributed by atoms with Crippen LogP contribution in [0.15, 0.2) is 60.7 Å². The van der Waals surface area contributed by atoms with Crippen LogP contribution in [0.25, 0.3) is 28.3 Å². The summed E-state index contributed by atoms with van der Waals surface area (Å²) in [5.74, 6) is -11.9. The second kappa shape index (κ2) is 11.9. The third kappa shape index (κ3) is 6.85. The molecule has 1 atom stereocenters. The minimum absolute atomic E-state index is 0.0938. The molecule has 4 aromatic rings. The molecule has 0 saturated heterocycles. The number of rotatable bonds is 7. The van der Waals surface area contributed by atoms with Gasteiger partial charge in [0.2, 0.25) is 0 Å². The van der Waals surface area contributed by atoms with Crippen molar-refractivity contribution in [1.29, 1.82) is 0 Å². The first kappa shape index (κ1) is 32.5. The van der Waals surface area contributed by atoms with E-state index in [9.17, 15) is 57.8 Å². The van der Waals surface area contributed by atoms with E-state index in [4.69, 9.17) is 0 Å². The van der Waals surface area contributed by atoms with Gasteiger partial charge >= 0.3 is 12.3 Å². The molecule has 0 aromatic heterocycles. The molecule has 0 aliphatic rings. The Hall–Kier alpha value is -4.46. The highest BCUT2D eigenvalue weighted by Gasteiger charge is 2.41. The van der Waals surface area contributed by atoms with E-state index in [0.29, 0.717) is 48.5 Å². The summed E-state index contributed by atoms with van der Waals surface area (Å²) in [6.07, 6.45) is -11.3. The van der Waals surface area contributed by atoms with E-state index in [0.717, 1.165) is 13.0 Å². The summed E-state index contributed by atoms with van der Waals surface area (Å²) in [4.78, 5) is 0. The van der Waals surface area contributed by atoms with Crippen LogP contribution in [0.2, 0.25) is 0 Å². The molecule has 2 nitrogen and oxygen atoms in total. The molecule has 0 radical (unpaired) electrons. The number of hydrogen-bond donors (Lipinski definition) is 1. The van der Waals surface area contributed by atoms with Crippen LogP contribution in [0.1, 0.15) is 29.7 Å². The predicted octanol–water partition coefficient (Wildman–Crippen LogP) is 9.75. The first-order chi connectivity index (χ1) is 20.4. The zero-order valence-corrected chi connectivity index (χ0v) is 21.8. The maximum Gasteiger partial charge on any atom is 0.432 e. The van der Waals surface area contributed by atoms with E-state index >= 15 is 0 Å². The van der Waals surface area contributed by atoms with Gasteiger partial charge in [-0.05, 0) is 78.2 Å². The first-order valence-corrected chi connectivity index (χ1v) is 12.2. The molecule has 232 valence electrons. The molecule has 0 fully saturated rings. The van der Waals surface area contributed by atoms with Gasteiger partial charge in [0.1, 0.15) is 52.0 Å². The van der Waals surface area contributed by atoms with Crippen LogP contribution in [-0.2, 0) is 6.11 Å². The van der Waals surface area contributed by atoms with Gasteiger partial charge in [0.15, 0.2) is 0 Å². The summed E-state index contributed by atoms with van der Waals surface area (Å²) < 4.78 is 173. The Morgan fingerprint density at radius 3 is 1.66 bits per heavy atom. The quantitative estimate of drug-likeness (QED) is 0.205. The molecule has 0 bridgehead atoms. The Bertz CT molecular complexity index is 1690. The molecule has 44 heavy (non-hydrogen) atoms. The number of aliphatic hydroxyl groups is 1. The summed E-state index contributed by atoms with van der Waals surface area (Å²) >= 11 is 0. The lowest BCUT2D eigenvalue weighted by atomic mass is 9.97. The van der Waals surface area contributed by atoms with Crippen LogP contribution >= 0.6 is 0 Å². The number of aliphatic hydroxyl groups excluding tert-OH is 1. The second-order valence-electron chi connectivity index (χ2n) is 9.34. The highest BCUT2D eigenvalue weighted by atomic mass is 19.4. The summed E-state index contributed by atoms with van der Waals surface area (Å²) in [7, 11) is 0. The molecule has 1 N–H and O–H groups in total. The maximum absolute atomic E-state index is 14.9. The van der Waals surface area contributed by atoms with Gasteiger partial charge < -0.3 is 9.84 Å². The first-order valence-electron chi connectivity index (χ1n) is 12.2. The predicted molar refractivity (Wildman–Crippen MR) is 134 cm³/mol. The van der Waals surface area contributed by atoms with Gasteiger partial charge in [-0.2, -0.15) is 22.0 Å². The van der Waals surface area contributed by atoms with Crippen LogP contribution in [0.5, 0.6) is 5.75 Å². The largest absolute Gasteiger partial charge is 0.432 e. The van der Waals surface area contributed by atoms with E-state index < -0.39 is 104 Å². The van der Waals surface area contributed by atoms with E-state index in [2.05, 4.69) is 4.74 Å². The van der Waals surface area contributed by atoms with Gasteiger partial charge in [0.05, 0.1) is 11.7 Å². The van der Waals surface area contributed by atoms with Crippen molar-refractivity contribution in [1.82, 2.24) is 0 Å². The van der Waals surface area contributed by atoms with Gasteiger partial charge in [-0.1, -0.05) is 0 Å². The third-order valence-electron chi connectivity index (χ3n) is 6.18. The molecule has 0 heterocycles. The van der Waals surface area contributed by atoms with E-state index in [-0.39, 0.29) is 11.6 Å². The Labute approximate surface area is 240 Å². The number of allylic oxidation sites excluding steroid dienone is 1. The molecule has 4 aromatic carbocycles. The summed E-state index contributed by atoms with van der Waals surface area (Å²) in [5, 5.41) is 9.43.